The summed E-state index contributed by atoms with van der Waals surface area (Å²) in [6, 6.07) is 12.6. The molecule has 0 saturated carbocycles. The number of para-hydroxylation sites is 1. The highest BCUT2D eigenvalue weighted by Gasteiger charge is 2.18. The first-order valence-corrected chi connectivity index (χ1v) is 10.2. The fourth-order valence-corrected chi connectivity index (χ4v) is 4.13. The number of benzene rings is 2. The van der Waals surface area contributed by atoms with Crippen LogP contribution in [0.15, 0.2) is 47.4 Å². The van der Waals surface area contributed by atoms with Crippen molar-refractivity contribution in [2.75, 3.05) is 20.2 Å². The van der Waals surface area contributed by atoms with E-state index < -0.39 is 10.0 Å². The van der Waals surface area contributed by atoms with Crippen LogP contribution in [0.5, 0.6) is 5.75 Å². The van der Waals surface area contributed by atoms with Crippen LogP contribution in [0.4, 0.5) is 0 Å². The van der Waals surface area contributed by atoms with E-state index in [4.69, 9.17) is 4.74 Å². The van der Waals surface area contributed by atoms with Crippen LogP contribution >= 0.6 is 0 Å². The second kappa shape index (κ2) is 9.01. The molecule has 0 bridgehead atoms. The van der Waals surface area contributed by atoms with Crippen LogP contribution < -0.4 is 9.46 Å². The van der Waals surface area contributed by atoms with Crippen LogP contribution in [-0.4, -0.2) is 39.4 Å². The van der Waals surface area contributed by atoms with Crippen molar-refractivity contribution in [3.05, 3.63) is 59.2 Å². The molecule has 0 aliphatic rings. The zero-order valence-corrected chi connectivity index (χ0v) is 17.0. The molecular weight excluding hydrogens is 364 g/mol. The summed E-state index contributed by atoms with van der Waals surface area (Å²) in [5.41, 5.74) is 2.57. The minimum atomic E-state index is -3.63. The Kier molecular flexibility index (Phi) is 6.98. The van der Waals surface area contributed by atoms with Crippen molar-refractivity contribution in [2.24, 2.45) is 0 Å². The van der Waals surface area contributed by atoms with Crippen molar-refractivity contribution >= 4 is 15.9 Å². The maximum absolute atomic E-state index is 12.5. The maximum atomic E-state index is 12.5. The van der Waals surface area contributed by atoms with Crippen molar-refractivity contribution in [1.29, 1.82) is 0 Å². The standard InChI is InChI=1S/C20H26N2O4S/c1-15-9-10-20(16(2)13-15)27(24,25)21-11-12-22(17(3)23)14-18-7-5-6-8-19(18)26-4/h5-10,13,21H,11-12,14H2,1-4H3. The van der Waals surface area contributed by atoms with Crippen molar-refractivity contribution < 1.29 is 17.9 Å². The van der Waals surface area contributed by atoms with Gasteiger partial charge in [-0.25, -0.2) is 13.1 Å². The highest BCUT2D eigenvalue weighted by molar-refractivity contribution is 7.89. The van der Waals surface area contributed by atoms with E-state index >= 15 is 0 Å². The van der Waals surface area contributed by atoms with E-state index in [1.54, 1.807) is 31.1 Å². The fraction of sp³-hybridized carbons (Fsp3) is 0.350. The van der Waals surface area contributed by atoms with Crippen LogP contribution in [0.1, 0.15) is 23.6 Å². The summed E-state index contributed by atoms with van der Waals surface area (Å²) in [6.45, 7) is 5.89. The number of rotatable bonds is 8. The van der Waals surface area contributed by atoms with Crippen molar-refractivity contribution in [2.45, 2.75) is 32.2 Å². The highest BCUT2D eigenvalue weighted by atomic mass is 32.2. The van der Waals surface area contributed by atoms with Gasteiger partial charge in [0, 0.05) is 32.1 Å². The summed E-state index contributed by atoms with van der Waals surface area (Å²) in [5.74, 6) is 0.561. The number of carbonyl (C=O) groups excluding carboxylic acids is 1. The Hall–Kier alpha value is -2.38. The fourth-order valence-electron chi connectivity index (χ4n) is 2.88. The van der Waals surface area contributed by atoms with Crippen LogP contribution in [-0.2, 0) is 21.4 Å². The SMILES string of the molecule is COc1ccccc1CN(CCNS(=O)(=O)c1ccc(C)cc1C)C(C)=O. The number of hydrogen-bond acceptors (Lipinski definition) is 4. The number of hydrogen-bond donors (Lipinski definition) is 1. The van der Waals surface area contributed by atoms with Gasteiger partial charge in [-0.15, -0.1) is 0 Å². The Balaban J connectivity index is 2.05. The van der Waals surface area contributed by atoms with Gasteiger partial charge >= 0.3 is 0 Å². The summed E-state index contributed by atoms with van der Waals surface area (Å²) < 4.78 is 33.0. The second-order valence-corrected chi connectivity index (χ2v) is 8.15. The number of methoxy groups -OCH3 is 1. The third-order valence-corrected chi connectivity index (χ3v) is 5.91. The summed E-state index contributed by atoms with van der Waals surface area (Å²) in [5, 5.41) is 0. The molecule has 6 nitrogen and oxygen atoms in total. The molecule has 0 saturated heterocycles. The van der Waals surface area contributed by atoms with Crippen LogP contribution in [0.25, 0.3) is 0 Å². The molecule has 0 fully saturated rings. The Morgan fingerprint density at radius 2 is 1.85 bits per heavy atom. The van der Waals surface area contributed by atoms with Gasteiger partial charge in [0.2, 0.25) is 15.9 Å². The number of ether oxygens (including phenoxy) is 1. The average molecular weight is 391 g/mol. The number of nitrogens with zero attached hydrogens (tertiary/aromatic N) is 1. The first-order chi connectivity index (χ1) is 12.7. The van der Waals surface area contributed by atoms with Crippen LogP contribution in [0.3, 0.4) is 0 Å². The molecular formula is C20H26N2O4S. The van der Waals surface area contributed by atoms with Gasteiger partial charge in [-0.3, -0.25) is 4.79 Å². The normalized spacial score (nSPS) is 11.3. The number of aryl methyl sites for hydroxylation is 2. The molecule has 0 heterocycles. The van der Waals surface area contributed by atoms with Gasteiger partial charge in [0.1, 0.15) is 5.75 Å². The molecule has 2 aromatic rings. The van der Waals surface area contributed by atoms with Crippen LogP contribution in [0.2, 0.25) is 0 Å². The van der Waals surface area contributed by atoms with Crippen molar-refractivity contribution in [1.82, 2.24) is 9.62 Å². The third-order valence-electron chi connectivity index (χ3n) is 4.29. The molecule has 1 N–H and O–H groups in total. The molecule has 0 spiro atoms. The summed E-state index contributed by atoms with van der Waals surface area (Å²) >= 11 is 0. The Labute approximate surface area is 161 Å². The van der Waals surface area contributed by atoms with E-state index in [2.05, 4.69) is 4.72 Å². The van der Waals surface area contributed by atoms with Crippen molar-refractivity contribution in [3.63, 3.8) is 0 Å². The molecule has 0 atom stereocenters. The van der Waals surface area contributed by atoms with Gasteiger partial charge in [-0.05, 0) is 31.5 Å². The molecule has 0 aromatic heterocycles. The molecule has 27 heavy (non-hydrogen) atoms. The van der Waals surface area contributed by atoms with Crippen molar-refractivity contribution in [3.8, 4) is 5.75 Å². The minimum absolute atomic E-state index is 0.129. The second-order valence-electron chi connectivity index (χ2n) is 6.42. The quantitative estimate of drug-likeness (QED) is 0.752. The number of amides is 1. The van der Waals surface area contributed by atoms with E-state index in [-0.39, 0.29) is 23.9 Å². The summed E-state index contributed by atoms with van der Waals surface area (Å²) in [7, 11) is -2.05. The van der Waals surface area contributed by atoms with E-state index in [9.17, 15) is 13.2 Å². The zero-order chi connectivity index (χ0) is 20.0. The molecule has 7 heteroatoms. The largest absolute Gasteiger partial charge is 0.496 e. The Morgan fingerprint density at radius 1 is 1.15 bits per heavy atom. The van der Waals surface area contributed by atoms with E-state index in [0.717, 1.165) is 11.1 Å². The number of nitrogens with one attached hydrogen (secondary N) is 1. The topological polar surface area (TPSA) is 75.7 Å². The molecule has 2 rings (SSSR count). The van der Waals surface area contributed by atoms with Gasteiger partial charge in [-0.1, -0.05) is 35.9 Å². The maximum Gasteiger partial charge on any atom is 0.240 e. The number of sulfonamides is 1. The highest BCUT2D eigenvalue weighted by Crippen LogP contribution is 2.19. The van der Waals surface area contributed by atoms with Gasteiger partial charge in [0.15, 0.2) is 0 Å². The molecule has 1 amide bonds. The van der Waals surface area contributed by atoms with E-state index in [1.807, 2.05) is 37.3 Å². The molecule has 2 aromatic carbocycles. The molecule has 0 unspecified atom stereocenters. The summed E-state index contributed by atoms with van der Waals surface area (Å²) in [4.78, 5) is 13.8. The average Bonchev–Trinajstić information content (AvgIpc) is 2.60. The molecule has 0 aliphatic heterocycles. The zero-order valence-electron chi connectivity index (χ0n) is 16.2. The molecule has 0 aliphatic carbocycles. The van der Waals surface area contributed by atoms with Gasteiger partial charge < -0.3 is 9.64 Å². The van der Waals surface area contributed by atoms with E-state index in [0.29, 0.717) is 17.9 Å². The van der Waals surface area contributed by atoms with Crippen LogP contribution in [0, 0.1) is 13.8 Å². The summed E-state index contributed by atoms with van der Waals surface area (Å²) in [6.07, 6.45) is 0. The van der Waals surface area contributed by atoms with E-state index in [1.165, 1.54) is 6.92 Å². The lowest BCUT2D eigenvalue weighted by Crippen LogP contribution is -2.37. The first kappa shape index (κ1) is 20.9. The Bertz CT molecular complexity index is 910. The Morgan fingerprint density at radius 3 is 2.48 bits per heavy atom. The molecule has 0 radical (unpaired) electrons. The van der Waals surface area contributed by atoms with Gasteiger partial charge in [-0.2, -0.15) is 0 Å². The molecule has 146 valence electrons. The van der Waals surface area contributed by atoms with Gasteiger partial charge in [0.25, 0.3) is 0 Å². The van der Waals surface area contributed by atoms with Gasteiger partial charge in [0.05, 0.1) is 12.0 Å². The monoisotopic (exact) mass is 390 g/mol. The lowest BCUT2D eigenvalue weighted by atomic mass is 10.2. The third kappa shape index (κ3) is 5.55. The predicted molar refractivity (Wildman–Crippen MR) is 105 cm³/mol. The number of carbonyl (C=O) groups is 1. The lowest BCUT2D eigenvalue weighted by Gasteiger charge is -2.22. The lowest BCUT2D eigenvalue weighted by molar-refractivity contribution is -0.129. The predicted octanol–water partition coefficient (Wildman–Crippen LogP) is 2.64. The minimum Gasteiger partial charge on any atom is -0.496 e. The first-order valence-electron chi connectivity index (χ1n) is 8.69. The smallest absolute Gasteiger partial charge is 0.240 e.